The average molecular weight is 348 g/mol. The molecule has 4 rings (SSSR count). The van der Waals surface area contributed by atoms with Crippen molar-refractivity contribution >= 4 is 10.8 Å². The summed E-state index contributed by atoms with van der Waals surface area (Å²) in [6.45, 7) is 7.58. The Labute approximate surface area is 155 Å². The molecule has 136 valence electrons. The van der Waals surface area contributed by atoms with Gasteiger partial charge in [0.15, 0.2) is 0 Å². The van der Waals surface area contributed by atoms with E-state index in [1.54, 1.807) is 0 Å². The predicted molar refractivity (Wildman–Crippen MR) is 107 cm³/mol. The van der Waals surface area contributed by atoms with Gasteiger partial charge < -0.3 is 5.11 Å². The zero-order chi connectivity index (χ0) is 18.3. The van der Waals surface area contributed by atoms with Crippen LogP contribution >= 0.6 is 0 Å². The van der Waals surface area contributed by atoms with E-state index < -0.39 is 0 Å². The van der Waals surface area contributed by atoms with Crippen LogP contribution in [0.25, 0.3) is 22.0 Å². The van der Waals surface area contributed by atoms with Gasteiger partial charge in [0.25, 0.3) is 0 Å². The standard InChI is InChI=1S/C23H28N2O/c1-15(2)18-12-11-16(3)21-22(18)24-25(13-14-26)23(21)20-10-6-8-17-7-4-5-9-19(17)20/h4-10,15-16,18,26H,11-14H2,1-3H3/t16-,18+/m1/s1. The van der Waals surface area contributed by atoms with Gasteiger partial charge >= 0.3 is 0 Å². The van der Waals surface area contributed by atoms with E-state index in [9.17, 15) is 5.11 Å². The van der Waals surface area contributed by atoms with E-state index in [-0.39, 0.29) is 6.61 Å². The van der Waals surface area contributed by atoms with E-state index in [0.29, 0.717) is 24.3 Å². The summed E-state index contributed by atoms with van der Waals surface area (Å²) in [7, 11) is 0. The molecule has 3 heteroatoms. The van der Waals surface area contributed by atoms with Gasteiger partial charge in [0, 0.05) is 17.0 Å². The summed E-state index contributed by atoms with van der Waals surface area (Å²) in [4.78, 5) is 0. The minimum absolute atomic E-state index is 0.110. The lowest BCUT2D eigenvalue weighted by Crippen LogP contribution is -2.16. The van der Waals surface area contributed by atoms with Gasteiger partial charge in [-0.1, -0.05) is 63.2 Å². The Hall–Kier alpha value is -2.13. The molecule has 0 saturated heterocycles. The molecule has 0 fully saturated rings. The summed E-state index contributed by atoms with van der Waals surface area (Å²) >= 11 is 0. The maximum atomic E-state index is 9.65. The number of benzene rings is 2. The first-order valence-corrected chi connectivity index (χ1v) is 9.81. The first-order chi connectivity index (χ1) is 12.6. The highest BCUT2D eigenvalue weighted by Gasteiger charge is 2.34. The molecule has 0 amide bonds. The molecule has 2 aromatic carbocycles. The van der Waals surface area contributed by atoms with Crippen LogP contribution in [0.3, 0.4) is 0 Å². The number of hydrogen-bond acceptors (Lipinski definition) is 2. The predicted octanol–water partition coefficient (Wildman–Crippen LogP) is 5.33. The van der Waals surface area contributed by atoms with E-state index in [0.717, 1.165) is 0 Å². The SMILES string of the molecule is CC(C)[C@@H]1CC[C@@H](C)c2c1nn(CCO)c2-c1cccc2ccccc12. The Morgan fingerprint density at radius 2 is 1.88 bits per heavy atom. The lowest BCUT2D eigenvalue weighted by atomic mass is 9.75. The molecule has 26 heavy (non-hydrogen) atoms. The van der Waals surface area contributed by atoms with Crippen molar-refractivity contribution in [3.05, 3.63) is 53.7 Å². The molecule has 1 heterocycles. The molecule has 0 bridgehead atoms. The summed E-state index contributed by atoms with van der Waals surface area (Å²) < 4.78 is 2.06. The van der Waals surface area contributed by atoms with Crippen molar-refractivity contribution in [2.45, 2.75) is 52.0 Å². The fraction of sp³-hybridized carbons (Fsp3) is 0.435. The van der Waals surface area contributed by atoms with Crippen molar-refractivity contribution in [1.29, 1.82) is 0 Å². The maximum absolute atomic E-state index is 9.65. The molecule has 0 aliphatic heterocycles. The lowest BCUT2D eigenvalue weighted by Gasteiger charge is -2.29. The molecule has 3 aromatic rings. The smallest absolute Gasteiger partial charge is 0.0727 e. The zero-order valence-corrected chi connectivity index (χ0v) is 15.9. The Balaban J connectivity index is 2.01. The third kappa shape index (κ3) is 2.75. The van der Waals surface area contributed by atoms with Crippen LogP contribution in [-0.2, 0) is 6.54 Å². The van der Waals surface area contributed by atoms with Crippen LogP contribution in [0.4, 0.5) is 0 Å². The fourth-order valence-corrected chi connectivity index (χ4v) is 4.59. The Bertz CT molecular complexity index is 920. The molecular formula is C23H28N2O. The molecule has 0 spiro atoms. The van der Waals surface area contributed by atoms with Crippen LogP contribution in [0.1, 0.15) is 56.7 Å². The normalized spacial score (nSPS) is 19.9. The number of fused-ring (bicyclic) bond motifs is 2. The minimum atomic E-state index is 0.110. The van der Waals surface area contributed by atoms with Gasteiger partial charge in [0.2, 0.25) is 0 Å². The maximum Gasteiger partial charge on any atom is 0.0727 e. The molecule has 1 N–H and O–H groups in total. The third-order valence-electron chi connectivity index (χ3n) is 5.93. The molecule has 0 unspecified atom stereocenters. The van der Waals surface area contributed by atoms with E-state index in [1.807, 2.05) is 0 Å². The quantitative estimate of drug-likeness (QED) is 0.692. The van der Waals surface area contributed by atoms with Crippen LogP contribution in [0, 0.1) is 5.92 Å². The Morgan fingerprint density at radius 3 is 2.65 bits per heavy atom. The Morgan fingerprint density at radius 1 is 1.12 bits per heavy atom. The monoisotopic (exact) mass is 348 g/mol. The number of aliphatic hydroxyl groups is 1. The van der Waals surface area contributed by atoms with Crippen molar-refractivity contribution in [1.82, 2.24) is 9.78 Å². The second-order valence-corrected chi connectivity index (χ2v) is 7.95. The molecule has 0 saturated carbocycles. The van der Waals surface area contributed by atoms with Crippen molar-refractivity contribution in [3.8, 4) is 11.3 Å². The molecule has 3 nitrogen and oxygen atoms in total. The third-order valence-corrected chi connectivity index (χ3v) is 5.93. The van der Waals surface area contributed by atoms with Crippen LogP contribution in [0.2, 0.25) is 0 Å². The topological polar surface area (TPSA) is 38.0 Å². The molecule has 2 atom stereocenters. The van der Waals surface area contributed by atoms with Crippen molar-refractivity contribution in [2.75, 3.05) is 6.61 Å². The number of aliphatic hydroxyl groups excluding tert-OH is 1. The number of nitrogens with zero attached hydrogens (tertiary/aromatic N) is 2. The highest BCUT2D eigenvalue weighted by molar-refractivity contribution is 5.96. The van der Waals surface area contributed by atoms with Crippen LogP contribution in [0.15, 0.2) is 42.5 Å². The largest absolute Gasteiger partial charge is 0.394 e. The number of aromatic nitrogens is 2. The highest BCUT2D eigenvalue weighted by Crippen LogP contribution is 2.46. The van der Waals surface area contributed by atoms with Gasteiger partial charge in [-0.25, -0.2) is 0 Å². The summed E-state index contributed by atoms with van der Waals surface area (Å²) in [6, 6.07) is 15.1. The van der Waals surface area contributed by atoms with Gasteiger partial charge in [0.05, 0.1) is 24.5 Å². The second kappa shape index (κ2) is 6.88. The van der Waals surface area contributed by atoms with Crippen LogP contribution in [0.5, 0.6) is 0 Å². The average Bonchev–Trinajstić information content (AvgIpc) is 3.01. The van der Waals surface area contributed by atoms with Gasteiger partial charge in [-0.05, 0) is 35.4 Å². The van der Waals surface area contributed by atoms with Gasteiger partial charge in [0.1, 0.15) is 0 Å². The zero-order valence-electron chi connectivity index (χ0n) is 15.9. The van der Waals surface area contributed by atoms with Crippen LogP contribution in [-0.4, -0.2) is 21.5 Å². The lowest BCUT2D eigenvalue weighted by molar-refractivity contribution is 0.269. The van der Waals surface area contributed by atoms with E-state index in [2.05, 4.69) is 67.9 Å². The summed E-state index contributed by atoms with van der Waals surface area (Å²) in [5.41, 5.74) is 5.11. The van der Waals surface area contributed by atoms with Crippen molar-refractivity contribution in [2.24, 2.45) is 5.92 Å². The van der Waals surface area contributed by atoms with Gasteiger partial charge in [-0.2, -0.15) is 5.10 Å². The fourth-order valence-electron chi connectivity index (χ4n) is 4.59. The Kier molecular flexibility index (Phi) is 4.58. The van der Waals surface area contributed by atoms with E-state index >= 15 is 0 Å². The molecule has 1 aromatic heterocycles. The summed E-state index contributed by atoms with van der Waals surface area (Å²) in [6.07, 6.45) is 2.41. The molecule has 1 aliphatic rings. The number of hydrogen-bond donors (Lipinski definition) is 1. The number of rotatable bonds is 4. The van der Waals surface area contributed by atoms with E-state index in [4.69, 9.17) is 5.10 Å². The molecular weight excluding hydrogens is 320 g/mol. The molecule has 1 aliphatic carbocycles. The van der Waals surface area contributed by atoms with Crippen molar-refractivity contribution in [3.63, 3.8) is 0 Å². The van der Waals surface area contributed by atoms with Crippen molar-refractivity contribution < 1.29 is 5.11 Å². The van der Waals surface area contributed by atoms with Crippen LogP contribution < -0.4 is 0 Å². The first kappa shape index (κ1) is 17.3. The van der Waals surface area contributed by atoms with Gasteiger partial charge in [-0.15, -0.1) is 0 Å². The van der Waals surface area contributed by atoms with E-state index in [1.165, 1.54) is 46.1 Å². The molecule has 0 radical (unpaired) electrons. The first-order valence-electron chi connectivity index (χ1n) is 9.81. The summed E-state index contributed by atoms with van der Waals surface area (Å²) in [5.74, 6) is 1.59. The second-order valence-electron chi connectivity index (χ2n) is 7.95. The van der Waals surface area contributed by atoms with Gasteiger partial charge in [-0.3, -0.25) is 4.68 Å². The highest BCUT2D eigenvalue weighted by atomic mass is 16.3. The summed E-state index contributed by atoms with van der Waals surface area (Å²) in [5, 5.41) is 17.2. The minimum Gasteiger partial charge on any atom is -0.394 e.